The molecule has 1 saturated heterocycles. The van der Waals surface area contributed by atoms with Crippen LogP contribution < -0.4 is 0 Å². The molecule has 1 aliphatic heterocycles. The van der Waals surface area contributed by atoms with Crippen molar-refractivity contribution in [2.24, 2.45) is 0 Å². The van der Waals surface area contributed by atoms with Gasteiger partial charge in [-0.1, -0.05) is 23.2 Å². The van der Waals surface area contributed by atoms with E-state index in [1.165, 1.54) is 22.3 Å². The Balaban J connectivity index is 2.01. The summed E-state index contributed by atoms with van der Waals surface area (Å²) in [6.45, 7) is 3.56. The number of rotatable bonds is 4. The lowest BCUT2D eigenvalue weighted by molar-refractivity contribution is -0.130. The highest BCUT2D eigenvalue weighted by Gasteiger charge is 2.27. The van der Waals surface area contributed by atoms with Crippen LogP contribution in [0.3, 0.4) is 0 Å². The standard InChI is InChI=1S/C15H20Cl2N2O3S2/c1-11(23-14-10-12(16)4-5-13(14)17)15(20)18-6-3-7-19(9-8-18)24(2,21)22/h4-5,10-11H,3,6-9H2,1-2H3. The molecule has 0 radical (unpaired) electrons. The van der Waals surface area contributed by atoms with Crippen molar-refractivity contribution in [1.82, 2.24) is 9.21 Å². The first-order chi connectivity index (χ1) is 11.2. The van der Waals surface area contributed by atoms with Gasteiger partial charge >= 0.3 is 0 Å². The summed E-state index contributed by atoms with van der Waals surface area (Å²) in [5.41, 5.74) is 0. The lowest BCUT2D eigenvalue weighted by atomic mass is 10.3. The Morgan fingerprint density at radius 2 is 1.92 bits per heavy atom. The van der Waals surface area contributed by atoms with E-state index < -0.39 is 10.0 Å². The number of halogens is 2. The lowest BCUT2D eigenvalue weighted by Gasteiger charge is -2.24. The van der Waals surface area contributed by atoms with Crippen LogP contribution in [0.2, 0.25) is 10.0 Å². The van der Waals surface area contributed by atoms with Gasteiger partial charge in [-0.15, -0.1) is 11.8 Å². The summed E-state index contributed by atoms with van der Waals surface area (Å²) in [6.07, 6.45) is 1.83. The number of carbonyl (C=O) groups is 1. The summed E-state index contributed by atoms with van der Waals surface area (Å²) >= 11 is 13.5. The minimum Gasteiger partial charge on any atom is -0.340 e. The monoisotopic (exact) mass is 410 g/mol. The van der Waals surface area contributed by atoms with E-state index >= 15 is 0 Å². The highest BCUT2D eigenvalue weighted by atomic mass is 35.5. The predicted octanol–water partition coefficient (Wildman–Crippen LogP) is 2.97. The summed E-state index contributed by atoms with van der Waals surface area (Å²) in [5, 5.41) is 0.800. The van der Waals surface area contributed by atoms with Gasteiger partial charge in [0.1, 0.15) is 0 Å². The normalized spacial score (nSPS) is 18.2. The first kappa shape index (κ1) is 19.8. The molecule has 1 atom stereocenters. The highest BCUT2D eigenvalue weighted by molar-refractivity contribution is 8.00. The molecular weight excluding hydrogens is 391 g/mol. The Morgan fingerprint density at radius 3 is 2.58 bits per heavy atom. The van der Waals surface area contributed by atoms with E-state index in [0.717, 1.165) is 4.90 Å². The van der Waals surface area contributed by atoms with Gasteiger partial charge in [0.2, 0.25) is 15.9 Å². The zero-order chi connectivity index (χ0) is 17.9. The van der Waals surface area contributed by atoms with E-state index in [1.807, 2.05) is 6.92 Å². The third-order valence-electron chi connectivity index (χ3n) is 3.78. The number of benzene rings is 1. The molecule has 1 aromatic carbocycles. The van der Waals surface area contributed by atoms with E-state index in [0.29, 0.717) is 42.6 Å². The number of hydrogen-bond acceptors (Lipinski definition) is 4. The third kappa shape index (κ3) is 5.26. The molecule has 5 nitrogen and oxygen atoms in total. The molecule has 9 heteroatoms. The molecule has 0 saturated carbocycles. The van der Waals surface area contributed by atoms with Crippen LogP contribution in [0.1, 0.15) is 13.3 Å². The summed E-state index contributed by atoms with van der Waals surface area (Å²) in [4.78, 5) is 15.2. The van der Waals surface area contributed by atoms with E-state index in [-0.39, 0.29) is 11.2 Å². The molecular formula is C15H20Cl2N2O3S2. The van der Waals surface area contributed by atoms with Gasteiger partial charge < -0.3 is 4.90 Å². The van der Waals surface area contributed by atoms with Crippen molar-refractivity contribution < 1.29 is 13.2 Å². The van der Waals surface area contributed by atoms with Crippen molar-refractivity contribution in [1.29, 1.82) is 0 Å². The first-order valence-corrected chi connectivity index (χ1v) is 11.0. The van der Waals surface area contributed by atoms with Crippen LogP contribution in [0.15, 0.2) is 23.1 Å². The van der Waals surface area contributed by atoms with Crippen molar-refractivity contribution in [2.45, 2.75) is 23.5 Å². The highest BCUT2D eigenvalue weighted by Crippen LogP contribution is 2.33. The van der Waals surface area contributed by atoms with Crippen LogP contribution in [0.25, 0.3) is 0 Å². The minimum atomic E-state index is -3.22. The molecule has 1 fully saturated rings. The van der Waals surface area contributed by atoms with E-state index in [9.17, 15) is 13.2 Å². The van der Waals surface area contributed by atoms with Crippen LogP contribution in [0.5, 0.6) is 0 Å². The lowest BCUT2D eigenvalue weighted by Crippen LogP contribution is -2.40. The second-order valence-corrected chi connectivity index (χ2v) is 9.88. The zero-order valence-corrected chi connectivity index (χ0v) is 16.7. The van der Waals surface area contributed by atoms with Crippen molar-refractivity contribution in [2.75, 3.05) is 32.4 Å². The zero-order valence-electron chi connectivity index (χ0n) is 13.5. The number of hydrogen-bond donors (Lipinski definition) is 0. The molecule has 134 valence electrons. The molecule has 1 amide bonds. The second-order valence-electron chi connectivity index (χ2n) is 5.68. The van der Waals surface area contributed by atoms with E-state index in [2.05, 4.69) is 0 Å². The fourth-order valence-electron chi connectivity index (χ4n) is 2.51. The fraction of sp³-hybridized carbons (Fsp3) is 0.533. The molecule has 0 aromatic heterocycles. The number of amides is 1. The topological polar surface area (TPSA) is 57.7 Å². The first-order valence-electron chi connectivity index (χ1n) is 7.54. The number of nitrogens with zero attached hydrogens (tertiary/aromatic N) is 2. The van der Waals surface area contributed by atoms with Crippen molar-refractivity contribution in [3.8, 4) is 0 Å². The van der Waals surface area contributed by atoms with Crippen molar-refractivity contribution in [3.05, 3.63) is 28.2 Å². The maximum atomic E-state index is 12.7. The molecule has 2 rings (SSSR count). The van der Waals surface area contributed by atoms with Crippen LogP contribution >= 0.6 is 35.0 Å². The summed E-state index contributed by atoms with van der Waals surface area (Å²) in [7, 11) is -3.22. The van der Waals surface area contributed by atoms with Gasteiger partial charge in [-0.3, -0.25) is 4.79 Å². The molecule has 1 aliphatic rings. The van der Waals surface area contributed by atoms with Gasteiger partial charge in [-0.2, -0.15) is 0 Å². The van der Waals surface area contributed by atoms with Gasteiger partial charge in [0.15, 0.2) is 0 Å². The number of carbonyl (C=O) groups excluding carboxylic acids is 1. The fourth-order valence-corrected chi connectivity index (χ4v) is 4.88. The van der Waals surface area contributed by atoms with Gasteiger partial charge in [0.25, 0.3) is 0 Å². The number of sulfonamides is 1. The molecule has 24 heavy (non-hydrogen) atoms. The van der Waals surface area contributed by atoms with Crippen LogP contribution in [0, 0.1) is 0 Å². The summed E-state index contributed by atoms with van der Waals surface area (Å²) in [6, 6.07) is 5.15. The third-order valence-corrected chi connectivity index (χ3v) is 6.91. The maximum absolute atomic E-state index is 12.7. The molecule has 1 aromatic rings. The minimum absolute atomic E-state index is 0.0219. The van der Waals surface area contributed by atoms with Gasteiger partial charge in [0, 0.05) is 36.1 Å². The average Bonchev–Trinajstić information content (AvgIpc) is 2.75. The predicted molar refractivity (Wildman–Crippen MR) is 99.4 cm³/mol. The van der Waals surface area contributed by atoms with Gasteiger partial charge in [0.05, 0.1) is 16.5 Å². The van der Waals surface area contributed by atoms with E-state index in [4.69, 9.17) is 23.2 Å². The Hall–Kier alpha value is -0.470. The molecule has 1 unspecified atom stereocenters. The van der Waals surface area contributed by atoms with Crippen LogP contribution in [-0.2, 0) is 14.8 Å². The average molecular weight is 411 g/mol. The van der Waals surface area contributed by atoms with Gasteiger partial charge in [-0.05, 0) is 31.5 Å². The maximum Gasteiger partial charge on any atom is 0.235 e. The van der Waals surface area contributed by atoms with Crippen LogP contribution in [0.4, 0.5) is 0 Å². The molecule has 0 aliphatic carbocycles. The molecule has 0 bridgehead atoms. The van der Waals surface area contributed by atoms with Crippen LogP contribution in [-0.4, -0.2) is 61.2 Å². The second kappa shape index (κ2) is 8.27. The Labute approximate surface area is 157 Å². The summed E-state index contributed by atoms with van der Waals surface area (Å²) in [5.74, 6) is -0.0219. The quantitative estimate of drug-likeness (QED) is 0.715. The van der Waals surface area contributed by atoms with Gasteiger partial charge in [-0.25, -0.2) is 12.7 Å². The molecule has 0 spiro atoms. The largest absolute Gasteiger partial charge is 0.340 e. The smallest absolute Gasteiger partial charge is 0.235 e. The summed E-state index contributed by atoms with van der Waals surface area (Å²) < 4.78 is 24.7. The van der Waals surface area contributed by atoms with E-state index in [1.54, 1.807) is 23.1 Å². The van der Waals surface area contributed by atoms with Crippen molar-refractivity contribution >= 4 is 50.9 Å². The molecule has 0 N–H and O–H groups in total. The van der Waals surface area contributed by atoms with Crippen molar-refractivity contribution in [3.63, 3.8) is 0 Å². The Morgan fingerprint density at radius 1 is 1.21 bits per heavy atom. The Bertz CT molecular complexity index is 713. The SMILES string of the molecule is CC(Sc1cc(Cl)ccc1Cl)C(=O)N1CCCN(S(C)(=O)=O)CC1. The Kier molecular flexibility index (Phi) is 6.84. The molecule has 1 heterocycles. The number of thioether (sulfide) groups is 1.